The van der Waals surface area contributed by atoms with Crippen molar-refractivity contribution in [1.29, 1.82) is 0 Å². The van der Waals surface area contributed by atoms with Crippen LogP contribution in [0.15, 0.2) is 12.2 Å². The Morgan fingerprint density at radius 2 is 2.07 bits per heavy atom. The lowest BCUT2D eigenvalue weighted by molar-refractivity contribution is -0.118. The number of carbonyl (C=O) groups is 2. The highest BCUT2D eigenvalue weighted by atomic mass is 16.2. The fourth-order valence-electron chi connectivity index (χ4n) is 0.738. The smallest absolute Gasteiger partial charge is 0.243 e. The summed E-state index contributed by atoms with van der Waals surface area (Å²) in [5.41, 5.74) is 4.90. The molecule has 5 nitrogen and oxygen atoms in total. The summed E-state index contributed by atoms with van der Waals surface area (Å²) in [6.45, 7) is 1.00. The van der Waals surface area contributed by atoms with Gasteiger partial charge in [-0.1, -0.05) is 6.08 Å². The van der Waals surface area contributed by atoms with Gasteiger partial charge >= 0.3 is 0 Å². The average molecular weight is 199 g/mol. The number of likely N-dealkylation sites (N-methyl/N-ethyl adjacent to an activating group) is 1. The Kier molecular flexibility index (Phi) is 6.39. The molecule has 14 heavy (non-hydrogen) atoms. The van der Waals surface area contributed by atoms with E-state index in [0.29, 0.717) is 13.1 Å². The van der Waals surface area contributed by atoms with E-state index in [1.807, 2.05) is 19.0 Å². The Hall–Kier alpha value is -1.36. The Balaban J connectivity index is 3.55. The zero-order valence-electron chi connectivity index (χ0n) is 8.62. The molecule has 0 radical (unpaired) electrons. The van der Waals surface area contributed by atoms with Gasteiger partial charge in [-0.3, -0.25) is 9.59 Å². The zero-order chi connectivity index (χ0) is 11.0. The van der Waals surface area contributed by atoms with Crippen molar-refractivity contribution in [3.63, 3.8) is 0 Å². The van der Waals surface area contributed by atoms with Gasteiger partial charge in [-0.25, -0.2) is 0 Å². The van der Waals surface area contributed by atoms with Crippen molar-refractivity contribution < 1.29 is 9.59 Å². The minimum Gasteiger partial charge on any atom is -0.370 e. The molecule has 0 aromatic heterocycles. The largest absolute Gasteiger partial charge is 0.370 e. The molecule has 0 bridgehead atoms. The summed E-state index contributed by atoms with van der Waals surface area (Å²) >= 11 is 0. The van der Waals surface area contributed by atoms with Crippen LogP contribution in [0.3, 0.4) is 0 Å². The molecule has 0 aromatic carbocycles. The van der Waals surface area contributed by atoms with E-state index in [-0.39, 0.29) is 12.3 Å². The number of nitrogens with zero attached hydrogens (tertiary/aromatic N) is 1. The first-order valence-corrected chi connectivity index (χ1v) is 4.39. The Labute approximate surface area is 83.9 Å². The molecule has 0 heterocycles. The topological polar surface area (TPSA) is 75.4 Å². The van der Waals surface area contributed by atoms with E-state index < -0.39 is 5.91 Å². The number of nitrogens with one attached hydrogen (secondary N) is 1. The van der Waals surface area contributed by atoms with Crippen LogP contribution in [0.25, 0.3) is 0 Å². The molecule has 5 heteroatoms. The van der Waals surface area contributed by atoms with E-state index in [9.17, 15) is 9.59 Å². The molecule has 0 unspecified atom stereocenters. The van der Waals surface area contributed by atoms with Crippen LogP contribution >= 0.6 is 0 Å². The first-order chi connectivity index (χ1) is 6.52. The highest BCUT2D eigenvalue weighted by Gasteiger charge is 1.96. The molecule has 0 aliphatic carbocycles. The molecule has 2 amide bonds. The van der Waals surface area contributed by atoms with Gasteiger partial charge in [0.1, 0.15) is 0 Å². The van der Waals surface area contributed by atoms with Crippen molar-refractivity contribution in [2.45, 2.75) is 6.42 Å². The second-order valence-electron chi connectivity index (χ2n) is 3.17. The Morgan fingerprint density at radius 3 is 2.57 bits per heavy atom. The van der Waals surface area contributed by atoms with Crippen LogP contribution in [-0.4, -0.2) is 43.9 Å². The van der Waals surface area contributed by atoms with Gasteiger partial charge in [-0.15, -0.1) is 0 Å². The molecule has 80 valence electrons. The molecule has 0 aliphatic heterocycles. The second-order valence-corrected chi connectivity index (χ2v) is 3.17. The van der Waals surface area contributed by atoms with Gasteiger partial charge in [0.05, 0.1) is 0 Å². The van der Waals surface area contributed by atoms with Crippen LogP contribution in [0.1, 0.15) is 6.42 Å². The summed E-state index contributed by atoms with van der Waals surface area (Å²) in [5.74, 6) is -0.615. The van der Waals surface area contributed by atoms with Gasteiger partial charge in [-0.2, -0.15) is 0 Å². The predicted molar refractivity (Wildman–Crippen MR) is 54.5 cm³/mol. The van der Waals surface area contributed by atoms with Crippen molar-refractivity contribution in [1.82, 2.24) is 10.2 Å². The number of hydrogen-bond donors (Lipinski definition) is 2. The molecule has 0 aliphatic rings. The average Bonchev–Trinajstić information content (AvgIpc) is 2.02. The summed E-state index contributed by atoms with van der Waals surface area (Å²) in [5, 5.41) is 2.54. The maximum absolute atomic E-state index is 11.0. The second kappa shape index (κ2) is 7.08. The van der Waals surface area contributed by atoms with Gasteiger partial charge in [-0.05, 0) is 14.1 Å². The maximum Gasteiger partial charge on any atom is 0.243 e. The van der Waals surface area contributed by atoms with E-state index in [1.165, 1.54) is 6.08 Å². The summed E-state index contributed by atoms with van der Waals surface area (Å²) < 4.78 is 0. The van der Waals surface area contributed by atoms with Crippen LogP contribution in [0, 0.1) is 0 Å². The van der Waals surface area contributed by atoms with Gasteiger partial charge < -0.3 is 16.0 Å². The Bertz CT molecular complexity index is 224. The predicted octanol–water partition coefficient (Wildman–Crippen LogP) is -0.904. The van der Waals surface area contributed by atoms with E-state index in [0.717, 1.165) is 0 Å². The number of hydrogen-bond acceptors (Lipinski definition) is 3. The molecule has 0 fully saturated rings. The van der Waals surface area contributed by atoms with Crippen LogP contribution < -0.4 is 11.1 Å². The molecular formula is C9H17N3O2. The summed E-state index contributed by atoms with van der Waals surface area (Å²) in [6.07, 6.45) is 3.37. The standard InChI is InChI=1S/C9H17N3O2/c1-12(2)7-3-4-9(14)11-6-5-8(10)13/h3-4H,5-7H2,1-2H3,(H2,10,13)(H,11,14). The van der Waals surface area contributed by atoms with Crippen LogP contribution in [0.2, 0.25) is 0 Å². The summed E-state index contributed by atoms with van der Waals surface area (Å²) in [7, 11) is 3.82. The number of primary amides is 1. The normalized spacial score (nSPS) is 10.8. The van der Waals surface area contributed by atoms with Crippen molar-refractivity contribution >= 4 is 11.8 Å². The fraction of sp³-hybridized carbons (Fsp3) is 0.556. The van der Waals surface area contributed by atoms with Gasteiger partial charge in [0.2, 0.25) is 11.8 Å². The minimum absolute atomic E-state index is 0.174. The first-order valence-electron chi connectivity index (χ1n) is 4.39. The third-order valence-electron chi connectivity index (χ3n) is 1.41. The molecule has 0 spiro atoms. The van der Waals surface area contributed by atoms with Gasteiger partial charge in [0.25, 0.3) is 0 Å². The van der Waals surface area contributed by atoms with Crippen molar-refractivity contribution in [2.75, 3.05) is 27.2 Å². The third-order valence-corrected chi connectivity index (χ3v) is 1.41. The van der Waals surface area contributed by atoms with Crippen LogP contribution in [-0.2, 0) is 9.59 Å². The highest BCUT2D eigenvalue weighted by Crippen LogP contribution is 1.79. The van der Waals surface area contributed by atoms with Gasteiger partial charge in [0.15, 0.2) is 0 Å². The van der Waals surface area contributed by atoms with E-state index >= 15 is 0 Å². The van der Waals surface area contributed by atoms with E-state index in [4.69, 9.17) is 5.73 Å². The van der Waals surface area contributed by atoms with E-state index in [1.54, 1.807) is 6.08 Å². The zero-order valence-corrected chi connectivity index (χ0v) is 8.62. The quantitative estimate of drug-likeness (QED) is 0.544. The van der Waals surface area contributed by atoms with E-state index in [2.05, 4.69) is 5.32 Å². The lowest BCUT2D eigenvalue weighted by Crippen LogP contribution is -2.26. The monoisotopic (exact) mass is 199 g/mol. The lowest BCUT2D eigenvalue weighted by Gasteiger charge is -2.03. The molecule has 3 N–H and O–H groups in total. The molecule has 0 aromatic rings. The number of nitrogens with two attached hydrogens (primary N) is 1. The Morgan fingerprint density at radius 1 is 1.43 bits per heavy atom. The SMILES string of the molecule is CN(C)CC=CC(=O)NCCC(N)=O. The third kappa shape index (κ3) is 8.73. The highest BCUT2D eigenvalue weighted by molar-refractivity contribution is 5.87. The molecule has 0 saturated carbocycles. The fourth-order valence-corrected chi connectivity index (χ4v) is 0.738. The van der Waals surface area contributed by atoms with Crippen molar-refractivity contribution in [3.05, 3.63) is 12.2 Å². The van der Waals surface area contributed by atoms with Crippen molar-refractivity contribution in [3.8, 4) is 0 Å². The number of amides is 2. The first kappa shape index (κ1) is 12.6. The molecule has 0 atom stereocenters. The number of rotatable bonds is 6. The molecule has 0 saturated heterocycles. The molecular weight excluding hydrogens is 182 g/mol. The van der Waals surface area contributed by atoms with Crippen molar-refractivity contribution in [2.24, 2.45) is 5.73 Å². The summed E-state index contributed by atoms with van der Waals surface area (Å²) in [4.78, 5) is 23.3. The maximum atomic E-state index is 11.0. The van der Waals surface area contributed by atoms with Crippen LogP contribution in [0.4, 0.5) is 0 Å². The molecule has 0 rings (SSSR count). The lowest BCUT2D eigenvalue weighted by atomic mass is 10.4. The number of carbonyl (C=O) groups excluding carboxylic acids is 2. The minimum atomic E-state index is -0.414. The summed E-state index contributed by atoms with van der Waals surface area (Å²) in [6, 6.07) is 0. The van der Waals surface area contributed by atoms with Crippen LogP contribution in [0.5, 0.6) is 0 Å². The van der Waals surface area contributed by atoms with Gasteiger partial charge in [0, 0.05) is 25.6 Å².